The summed E-state index contributed by atoms with van der Waals surface area (Å²) < 4.78 is 14.8. The molecule has 1 heterocycles. The fourth-order valence-electron chi connectivity index (χ4n) is 1.73. The highest BCUT2D eigenvalue weighted by molar-refractivity contribution is 5.94. The van der Waals surface area contributed by atoms with Gasteiger partial charge in [0.1, 0.15) is 18.0 Å². The van der Waals surface area contributed by atoms with Gasteiger partial charge in [0.05, 0.1) is 13.7 Å². The zero-order valence-corrected chi connectivity index (χ0v) is 12.3. The molecular formula is C15H16N2O5. The number of nitrogens with zero attached hydrogens (tertiary/aromatic N) is 1. The van der Waals surface area contributed by atoms with Gasteiger partial charge in [0.15, 0.2) is 0 Å². The summed E-state index contributed by atoms with van der Waals surface area (Å²) >= 11 is 0. The molecule has 1 N–H and O–H groups in total. The second-order valence-electron chi connectivity index (χ2n) is 4.29. The van der Waals surface area contributed by atoms with Crippen LogP contribution in [0.3, 0.4) is 0 Å². The number of aromatic nitrogens is 1. The number of esters is 1. The third-order valence-electron chi connectivity index (χ3n) is 2.82. The normalized spacial score (nSPS) is 10.1. The van der Waals surface area contributed by atoms with E-state index in [1.165, 1.54) is 6.07 Å². The zero-order valence-electron chi connectivity index (χ0n) is 12.3. The van der Waals surface area contributed by atoms with E-state index in [2.05, 4.69) is 10.5 Å². The molecular weight excluding hydrogens is 288 g/mol. The first-order valence-electron chi connectivity index (χ1n) is 6.69. The first kappa shape index (κ1) is 15.6. The van der Waals surface area contributed by atoms with Crippen molar-refractivity contribution in [3.8, 4) is 17.0 Å². The Hall–Kier alpha value is -2.83. The molecule has 0 saturated carbocycles. The van der Waals surface area contributed by atoms with Gasteiger partial charge in [0.25, 0.3) is 5.91 Å². The van der Waals surface area contributed by atoms with Gasteiger partial charge in [-0.25, -0.2) is 0 Å². The minimum absolute atomic E-state index is 0.0233. The molecule has 1 amide bonds. The SMILES string of the molecule is CCOC(=O)CNC(=O)c1cc(-c2ccc(OC)cc2)no1. The summed E-state index contributed by atoms with van der Waals surface area (Å²) in [5.74, 6) is -0.291. The van der Waals surface area contributed by atoms with E-state index >= 15 is 0 Å². The molecule has 22 heavy (non-hydrogen) atoms. The average Bonchev–Trinajstić information content (AvgIpc) is 3.03. The molecule has 0 atom stereocenters. The van der Waals surface area contributed by atoms with Gasteiger partial charge in [-0.05, 0) is 31.2 Å². The molecule has 0 bridgehead atoms. The van der Waals surface area contributed by atoms with Crippen molar-refractivity contribution in [3.63, 3.8) is 0 Å². The van der Waals surface area contributed by atoms with Crippen LogP contribution in [0, 0.1) is 0 Å². The monoisotopic (exact) mass is 304 g/mol. The molecule has 0 aliphatic heterocycles. The number of carbonyl (C=O) groups is 2. The van der Waals surface area contributed by atoms with Crippen molar-refractivity contribution >= 4 is 11.9 Å². The third-order valence-corrected chi connectivity index (χ3v) is 2.82. The van der Waals surface area contributed by atoms with Crippen LogP contribution in [0.1, 0.15) is 17.5 Å². The Morgan fingerprint density at radius 1 is 1.27 bits per heavy atom. The molecule has 0 aliphatic rings. The topological polar surface area (TPSA) is 90.7 Å². The molecule has 2 rings (SSSR count). The quantitative estimate of drug-likeness (QED) is 0.816. The van der Waals surface area contributed by atoms with E-state index in [0.29, 0.717) is 5.69 Å². The molecule has 0 saturated heterocycles. The molecule has 7 heteroatoms. The second kappa shape index (κ2) is 7.26. The summed E-state index contributed by atoms with van der Waals surface area (Å²) in [6.45, 7) is 1.74. The van der Waals surface area contributed by atoms with Gasteiger partial charge in [-0.1, -0.05) is 5.16 Å². The van der Waals surface area contributed by atoms with E-state index in [0.717, 1.165) is 11.3 Å². The van der Waals surface area contributed by atoms with E-state index in [-0.39, 0.29) is 18.9 Å². The minimum Gasteiger partial charge on any atom is -0.497 e. The number of hydrogen-bond donors (Lipinski definition) is 1. The highest BCUT2D eigenvalue weighted by Gasteiger charge is 2.15. The maximum Gasteiger partial charge on any atom is 0.325 e. The Morgan fingerprint density at radius 2 is 2.00 bits per heavy atom. The summed E-state index contributed by atoms with van der Waals surface area (Å²) in [5.41, 5.74) is 1.30. The summed E-state index contributed by atoms with van der Waals surface area (Å²) in [6.07, 6.45) is 0. The van der Waals surface area contributed by atoms with Gasteiger partial charge in [-0.15, -0.1) is 0 Å². The Balaban J connectivity index is 2.00. The number of ether oxygens (including phenoxy) is 2. The highest BCUT2D eigenvalue weighted by atomic mass is 16.5. The van der Waals surface area contributed by atoms with Gasteiger partial charge >= 0.3 is 5.97 Å². The average molecular weight is 304 g/mol. The van der Waals surface area contributed by atoms with Gasteiger partial charge in [0, 0.05) is 11.6 Å². The maximum atomic E-state index is 11.8. The lowest BCUT2D eigenvalue weighted by atomic mass is 10.1. The standard InChI is InChI=1S/C15H16N2O5/c1-3-21-14(18)9-16-15(19)13-8-12(17-22-13)10-4-6-11(20-2)7-5-10/h4-8H,3,9H2,1-2H3,(H,16,19). The van der Waals surface area contributed by atoms with Crippen LogP contribution in [0.15, 0.2) is 34.9 Å². The summed E-state index contributed by atoms with van der Waals surface area (Å²) in [5, 5.41) is 6.23. The van der Waals surface area contributed by atoms with Crippen LogP contribution in [0.4, 0.5) is 0 Å². The first-order chi connectivity index (χ1) is 10.6. The van der Waals surface area contributed by atoms with Crippen molar-refractivity contribution in [2.24, 2.45) is 0 Å². The largest absolute Gasteiger partial charge is 0.497 e. The van der Waals surface area contributed by atoms with Crippen LogP contribution >= 0.6 is 0 Å². The number of nitrogens with one attached hydrogen (secondary N) is 1. The lowest BCUT2D eigenvalue weighted by Crippen LogP contribution is -2.30. The molecule has 0 fully saturated rings. The molecule has 1 aromatic carbocycles. The number of methoxy groups -OCH3 is 1. The van der Waals surface area contributed by atoms with Gasteiger partial charge < -0.3 is 19.3 Å². The Kier molecular flexibility index (Phi) is 5.13. The lowest BCUT2D eigenvalue weighted by molar-refractivity contribution is -0.141. The molecule has 7 nitrogen and oxygen atoms in total. The van der Waals surface area contributed by atoms with Crippen molar-refractivity contribution < 1.29 is 23.6 Å². The number of hydrogen-bond acceptors (Lipinski definition) is 6. The second-order valence-corrected chi connectivity index (χ2v) is 4.29. The van der Waals surface area contributed by atoms with Gasteiger partial charge in [-0.2, -0.15) is 0 Å². The van der Waals surface area contributed by atoms with E-state index in [4.69, 9.17) is 14.0 Å². The molecule has 116 valence electrons. The predicted octanol–water partition coefficient (Wildman–Crippen LogP) is 1.64. The van der Waals surface area contributed by atoms with Gasteiger partial charge in [0.2, 0.25) is 5.76 Å². The number of rotatable bonds is 6. The van der Waals surface area contributed by atoms with Crippen LogP contribution in [0.5, 0.6) is 5.75 Å². The van der Waals surface area contributed by atoms with Crippen LogP contribution in [0.25, 0.3) is 11.3 Å². The molecule has 0 radical (unpaired) electrons. The fraction of sp³-hybridized carbons (Fsp3) is 0.267. The van der Waals surface area contributed by atoms with Crippen LogP contribution in [-0.4, -0.2) is 37.3 Å². The van der Waals surface area contributed by atoms with Crippen molar-refractivity contribution in [3.05, 3.63) is 36.1 Å². The summed E-state index contributed by atoms with van der Waals surface area (Å²) in [4.78, 5) is 23.0. The Morgan fingerprint density at radius 3 is 2.64 bits per heavy atom. The molecule has 2 aromatic rings. The molecule has 0 unspecified atom stereocenters. The van der Waals surface area contributed by atoms with Crippen molar-refractivity contribution in [1.82, 2.24) is 10.5 Å². The van der Waals surface area contributed by atoms with E-state index in [1.54, 1.807) is 38.3 Å². The number of benzene rings is 1. The first-order valence-corrected chi connectivity index (χ1v) is 6.69. The molecule has 0 spiro atoms. The summed E-state index contributed by atoms with van der Waals surface area (Å²) in [6, 6.07) is 8.67. The Labute approximate surface area is 127 Å². The summed E-state index contributed by atoms with van der Waals surface area (Å²) in [7, 11) is 1.58. The maximum absolute atomic E-state index is 11.8. The van der Waals surface area contributed by atoms with Crippen molar-refractivity contribution in [2.75, 3.05) is 20.3 Å². The van der Waals surface area contributed by atoms with Gasteiger partial charge in [-0.3, -0.25) is 9.59 Å². The van der Waals surface area contributed by atoms with Crippen molar-refractivity contribution in [2.45, 2.75) is 6.92 Å². The fourth-order valence-corrected chi connectivity index (χ4v) is 1.73. The minimum atomic E-state index is -0.527. The van der Waals surface area contributed by atoms with E-state index in [9.17, 15) is 9.59 Å². The van der Waals surface area contributed by atoms with Crippen LogP contribution in [0.2, 0.25) is 0 Å². The smallest absolute Gasteiger partial charge is 0.325 e. The predicted molar refractivity (Wildman–Crippen MR) is 77.5 cm³/mol. The molecule has 0 aliphatic carbocycles. The molecule has 1 aromatic heterocycles. The highest BCUT2D eigenvalue weighted by Crippen LogP contribution is 2.22. The third kappa shape index (κ3) is 3.85. The number of carbonyl (C=O) groups excluding carboxylic acids is 2. The zero-order chi connectivity index (χ0) is 15.9. The Bertz CT molecular complexity index is 648. The lowest BCUT2D eigenvalue weighted by Gasteiger charge is -2.02. The van der Waals surface area contributed by atoms with Crippen LogP contribution < -0.4 is 10.1 Å². The van der Waals surface area contributed by atoms with E-state index < -0.39 is 11.9 Å². The number of amides is 1. The van der Waals surface area contributed by atoms with E-state index in [1.807, 2.05) is 0 Å². The van der Waals surface area contributed by atoms with Crippen LogP contribution in [-0.2, 0) is 9.53 Å². The van der Waals surface area contributed by atoms with Crippen molar-refractivity contribution in [1.29, 1.82) is 0 Å².